The number of nitrogens with one attached hydrogen (secondary N) is 2. The summed E-state index contributed by atoms with van der Waals surface area (Å²) in [6.45, 7) is -0.472. The molecule has 1 aromatic heterocycles. The fourth-order valence-corrected chi connectivity index (χ4v) is 1.71. The summed E-state index contributed by atoms with van der Waals surface area (Å²) in [5.74, 6) is -2.19. The van der Waals surface area contributed by atoms with Crippen LogP contribution in [0, 0.1) is 0 Å². The average molecular weight is 276 g/mol. The Bertz CT molecular complexity index is 722. The number of pyridine rings is 1. The van der Waals surface area contributed by atoms with E-state index >= 15 is 0 Å². The molecule has 4 N–H and O–H groups in total. The summed E-state index contributed by atoms with van der Waals surface area (Å²) in [5.41, 5.74) is 0.00238. The molecule has 0 aliphatic rings. The number of amides is 1. The van der Waals surface area contributed by atoms with Gasteiger partial charge in [-0.1, -0.05) is 12.1 Å². The number of carbonyl (C=O) groups is 2. The number of aromatic nitrogens is 1. The van der Waals surface area contributed by atoms with Crippen molar-refractivity contribution in [1.82, 2.24) is 10.3 Å². The number of aliphatic carboxylic acids is 1. The molecule has 0 radical (unpaired) electrons. The highest BCUT2D eigenvalue weighted by Gasteiger charge is 2.17. The van der Waals surface area contributed by atoms with Gasteiger partial charge in [-0.3, -0.25) is 9.59 Å². The third kappa shape index (κ3) is 2.67. The van der Waals surface area contributed by atoms with Gasteiger partial charge in [0.2, 0.25) is 5.43 Å². The van der Waals surface area contributed by atoms with E-state index in [1.807, 2.05) is 0 Å². The molecule has 0 saturated heterocycles. The molecule has 2 rings (SSSR count). The number of hydrogen-bond donors (Lipinski definition) is 4. The Labute approximate surface area is 112 Å². The maximum Gasteiger partial charge on any atom is 0.334 e. The molecule has 1 unspecified atom stereocenters. The van der Waals surface area contributed by atoms with Crippen LogP contribution in [0.2, 0.25) is 0 Å². The summed E-state index contributed by atoms with van der Waals surface area (Å²) in [5, 5.41) is 20.1. The van der Waals surface area contributed by atoms with Gasteiger partial charge < -0.3 is 20.5 Å². The van der Waals surface area contributed by atoms with Crippen LogP contribution in [0.15, 0.2) is 35.3 Å². The minimum atomic E-state index is -1.71. The van der Waals surface area contributed by atoms with Gasteiger partial charge in [-0.2, -0.15) is 0 Å². The van der Waals surface area contributed by atoms with Crippen molar-refractivity contribution >= 4 is 22.8 Å². The van der Waals surface area contributed by atoms with Crippen LogP contribution in [0.5, 0.6) is 0 Å². The van der Waals surface area contributed by atoms with Gasteiger partial charge in [0.05, 0.1) is 6.54 Å². The largest absolute Gasteiger partial charge is 0.479 e. The van der Waals surface area contributed by atoms with Crippen LogP contribution in [-0.4, -0.2) is 39.7 Å². The quantitative estimate of drug-likeness (QED) is 0.611. The summed E-state index contributed by atoms with van der Waals surface area (Å²) >= 11 is 0. The van der Waals surface area contributed by atoms with Crippen LogP contribution in [0.4, 0.5) is 0 Å². The lowest BCUT2D eigenvalue weighted by Crippen LogP contribution is -2.38. The standard InChI is InChI=1S/C13H12N2O5/c16-10(13(19)20)6-15-12(18)8-5-14-9-4-2-1-3-7(9)11(8)17/h1-5,10,16H,6H2,(H,14,17)(H,15,18)(H,19,20). The Morgan fingerprint density at radius 2 is 2.00 bits per heavy atom. The first-order chi connectivity index (χ1) is 9.50. The monoisotopic (exact) mass is 276 g/mol. The zero-order chi connectivity index (χ0) is 14.7. The fraction of sp³-hybridized carbons (Fsp3) is 0.154. The zero-order valence-corrected chi connectivity index (χ0v) is 10.3. The van der Waals surface area contributed by atoms with Gasteiger partial charge >= 0.3 is 5.97 Å². The van der Waals surface area contributed by atoms with Gasteiger partial charge in [0.1, 0.15) is 5.56 Å². The van der Waals surface area contributed by atoms with Crippen molar-refractivity contribution in [2.24, 2.45) is 0 Å². The summed E-state index contributed by atoms with van der Waals surface area (Å²) in [7, 11) is 0. The topological polar surface area (TPSA) is 119 Å². The first-order valence-electron chi connectivity index (χ1n) is 5.80. The number of H-pyrrole nitrogens is 1. The molecule has 1 amide bonds. The second-order valence-corrected chi connectivity index (χ2v) is 4.14. The van der Waals surface area contributed by atoms with E-state index in [1.54, 1.807) is 24.3 Å². The number of hydrogen-bond acceptors (Lipinski definition) is 4. The number of aliphatic hydroxyl groups is 1. The highest BCUT2D eigenvalue weighted by atomic mass is 16.4. The normalized spacial score (nSPS) is 12.1. The molecule has 0 saturated carbocycles. The molecule has 20 heavy (non-hydrogen) atoms. The summed E-state index contributed by atoms with van der Waals surface area (Å²) in [6.07, 6.45) is -0.453. The minimum Gasteiger partial charge on any atom is -0.479 e. The van der Waals surface area contributed by atoms with Gasteiger partial charge in [-0.25, -0.2) is 4.79 Å². The number of carboxylic acids is 1. The summed E-state index contributed by atoms with van der Waals surface area (Å²) < 4.78 is 0. The van der Waals surface area contributed by atoms with Crippen LogP contribution in [0.1, 0.15) is 10.4 Å². The maximum absolute atomic E-state index is 12.1. The SMILES string of the molecule is O=C(NCC(O)C(=O)O)c1c[nH]c2ccccc2c1=O. The second kappa shape index (κ2) is 5.54. The second-order valence-electron chi connectivity index (χ2n) is 4.14. The van der Waals surface area contributed by atoms with Crippen LogP contribution in [-0.2, 0) is 4.79 Å². The first kappa shape index (κ1) is 13.8. The molecule has 0 spiro atoms. The number of carbonyl (C=O) groups excluding carboxylic acids is 1. The van der Waals surface area contributed by atoms with Crippen LogP contribution >= 0.6 is 0 Å². The average Bonchev–Trinajstić information content (AvgIpc) is 2.45. The molecule has 0 aliphatic carbocycles. The number of fused-ring (bicyclic) bond motifs is 1. The smallest absolute Gasteiger partial charge is 0.334 e. The molecule has 0 aliphatic heterocycles. The van der Waals surface area contributed by atoms with E-state index < -0.39 is 30.0 Å². The minimum absolute atomic E-state index is 0.138. The van der Waals surface area contributed by atoms with E-state index in [0.29, 0.717) is 10.9 Å². The van der Waals surface area contributed by atoms with Crippen molar-refractivity contribution < 1.29 is 19.8 Å². The number of carboxylic acid groups (broad SMARTS) is 1. The third-order valence-electron chi connectivity index (χ3n) is 2.77. The van der Waals surface area contributed by atoms with Gasteiger partial charge in [0.25, 0.3) is 5.91 Å². The molecule has 0 bridgehead atoms. The highest BCUT2D eigenvalue weighted by Crippen LogP contribution is 2.06. The van der Waals surface area contributed by atoms with E-state index in [1.165, 1.54) is 6.20 Å². The zero-order valence-electron chi connectivity index (χ0n) is 10.3. The lowest BCUT2D eigenvalue weighted by molar-refractivity contribution is -0.146. The number of aromatic amines is 1. The lowest BCUT2D eigenvalue weighted by atomic mass is 10.1. The van der Waals surface area contributed by atoms with Crippen molar-refractivity contribution in [2.45, 2.75) is 6.10 Å². The van der Waals surface area contributed by atoms with Gasteiger partial charge in [-0.15, -0.1) is 0 Å². The molecule has 7 nitrogen and oxygen atoms in total. The highest BCUT2D eigenvalue weighted by molar-refractivity contribution is 5.97. The number of rotatable bonds is 4. The Balaban J connectivity index is 2.25. The van der Waals surface area contributed by atoms with Gasteiger partial charge in [0, 0.05) is 17.1 Å². The molecule has 1 atom stereocenters. The van der Waals surface area contributed by atoms with E-state index in [-0.39, 0.29) is 5.56 Å². The van der Waals surface area contributed by atoms with Crippen molar-refractivity contribution in [1.29, 1.82) is 0 Å². The molecular formula is C13H12N2O5. The Kier molecular flexibility index (Phi) is 3.81. The van der Waals surface area contributed by atoms with Crippen molar-refractivity contribution in [3.8, 4) is 0 Å². The van der Waals surface area contributed by atoms with E-state index in [0.717, 1.165) is 0 Å². The predicted octanol–water partition coefficient (Wildman–Crippen LogP) is -0.297. The number of para-hydroxylation sites is 1. The van der Waals surface area contributed by atoms with Crippen molar-refractivity contribution in [3.63, 3.8) is 0 Å². The molecule has 104 valence electrons. The van der Waals surface area contributed by atoms with E-state index in [4.69, 9.17) is 10.2 Å². The molecule has 1 aromatic carbocycles. The van der Waals surface area contributed by atoms with Crippen molar-refractivity contribution in [2.75, 3.05) is 6.54 Å². The van der Waals surface area contributed by atoms with Crippen LogP contribution in [0.25, 0.3) is 10.9 Å². The molecule has 2 aromatic rings. The van der Waals surface area contributed by atoms with Gasteiger partial charge in [0.15, 0.2) is 6.10 Å². The Hall–Kier alpha value is -2.67. The first-order valence-corrected chi connectivity index (χ1v) is 5.80. The maximum atomic E-state index is 12.1. The third-order valence-corrected chi connectivity index (χ3v) is 2.77. The van der Waals surface area contributed by atoms with Crippen LogP contribution < -0.4 is 10.7 Å². The Morgan fingerprint density at radius 3 is 2.70 bits per heavy atom. The number of aliphatic hydroxyl groups excluding tert-OH is 1. The van der Waals surface area contributed by atoms with Crippen LogP contribution in [0.3, 0.4) is 0 Å². The fourth-order valence-electron chi connectivity index (χ4n) is 1.71. The molecule has 1 heterocycles. The summed E-state index contributed by atoms with van der Waals surface area (Å²) in [6, 6.07) is 6.71. The summed E-state index contributed by atoms with van der Waals surface area (Å²) in [4.78, 5) is 37.1. The predicted molar refractivity (Wildman–Crippen MR) is 70.5 cm³/mol. The molecule has 0 fully saturated rings. The molecule has 7 heteroatoms. The number of benzene rings is 1. The molecular weight excluding hydrogens is 264 g/mol. The van der Waals surface area contributed by atoms with E-state index in [9.17, 15) is 14.4 Å². The van der Waals surface area contributed by atoms with Gasteiger partial charge in [-0.05, 0) is 12.1 Å². The van der Waals surface area contributed by atoms with Crippen molar-refractivity contribution in [3.05, 3.63) is 46.2 Å². The Morgan fingerprint density at radius 1 is 1.30 bits per heavy atom. The lowest BCUT2D eigenvalue weighted by Gasteiger charge is -2.08. The van der Waals surface area contributed by atoms with E-state index in [2.05, 4.69) is 10.3 Å².